The molecule has 0 saturated heterocycles. The Morgan fingerprint density at radius 3 is 2.78 bits per heavy atom. The molecule has 0 atom stereocenters. The third-order valence-electron chi connectivity index (χ3n) is 2.53. The van der Waals surface area contributed by atoms with Crippen molar-refractivity contribution < 1.29 is 9.72 Å². The normalized spacial score (nSPS) is 10.3. The topological polar surface area (TPSA) is 77.2 Å². The maximum absolute atomic E-state index is 11.8. The van der Waals surface area contributed by atoms with Gasteiger partial charge in [-0.15, -0.1) is 11.6 Å². The molecule has 1 heterocycles. The second-order valence-corrected chi connectivity index (χ2v) is 4.34. The van der Waals surface area contributed by atoms with Crippen molar-refractivity contribution in [1.29, 1.82) is 0 Å². The summed E-state index contributed by atoms with van der Waals surface area (Å²) in [5, 5.41) is 13.3. The van der Waals surface area contributed by atoms with Crippen LogP contribution in [0.2, 0.25) is 0 Å². The highest BCUT2D eigenvalue weighted by molar-refractivity contribution is 6.17. The summed E-state index contributed by atoms with van der Waals surface area (Å²) < 4.78 is 1.45. The number of aryl methyl sites for hydroxylation is 1. The molecule has 18 heavy (non-hydrogen) atoms. The SMILES string of the molecule is Cn1cc([N+](=O)[O-])cc1C(=O)NCCCCCCl. The predicted molar refractivity (Wildman–Crippen MR) is 69.0 cm³/mol. The van der Waals surface area contributed by atoms with Crippen LogP contribution in [0.1, 0.15) is 29.8 Å². The average Bonchev–Trinajstić information content (AvgIpc) is 2.71. The van der Waals surface area contributed by atoms with E-state index in [2.05, 4.69) is 5.32 Å². The van der Waals surface area contributed by atoms with Crippen molar-refractivity contribution >= 4 is 23.2 Å². The van der Waals surface area contributed by atoms with Crippen molar-refractivity contribution in [3.63, 3.8) is 0 Å². The van der Waals surface area contributed by atoms with E-state index in [1.807, 2.05) is 0 Å². The summed E-state index contributed by atoms with van der Waals surface area (Å²) >= 11 is 5.54. The number of aromatic nitrogens is 1. The summed E-state index contributed by atoms with van der Waals surface area (Å²) in [7, 11) is 1.61. The fourth-order valence-corrected chi connectivity index (χ4v) is 1.75. The second-order valence-electron chi connectivity index (χ2n) is 3.96. The number of carbonyl (C=O) groups excluding carboxylic acids is 1. The molecule has 0 bridgehead atoms. The fourth-order valence-electron chi connectivity index (χ4n) is 1.56. The lowest BCUT2D eigenvalue weighted by molar-refractivity contribution is -0.384. The van der Waals surface area contributed by atoms with Crippen LogP contribution in [0.3, 0.4) is 0 Å². The van der Waals surface area contributed by atoms with E-state index in [-0.39, 0.29) is 11.6 Å². The van der Waals surface area contributed by atoms with Crippen molar-refractivity contribution in [3.05, 3.63) is 28.1 Å². The zero-order chi connectivity index (χ0) is 13.5. The van der Waals surface area contributed by atoms with Crippen LogP contribution in [0.5, 0.6) is 0 Å². The molecule has 0 aromatic carbocycles. The molecule has 1 aromatic rings. The molecule has 0 aliphatic rings. The zero-order valence-corrected chi connectivity index (χ0v) is 10.9. The van der Waals surface area contributed by atoms with Gasteiger partial charge in [-0.1, -0.05) is 6.42 Å². The highest BCUT2D eigenvalue weighted by Crippen LogP contribution is 2.14. The Morgan fingerprint density at radius 1 is 1.50 bits per heavy atom. The molecular weight excluding hydrogens is 258 g/mol. The molecule has 0 fully saturated rings. The summed E-state index contributed by atoms with van der Waals surface area (Å²) in [5.74, 6) is 0.328. The summed E-state index contributed by atoms with van der Waals surface area (Å²) in [6.07, 6.45) is 4.05. The Morgan fingerprint density at radius 2 is 2.22 bits per heavy atom. The Bertz CT molecular complexity index is 431. The van der Waals surface area contributed by atoms with Crippen molar-refractivity contribution in [2.45, 2.75) is 19.3 Å². The number of amides is 1. The summed E-state index contributed by atoms with van der Waals surface area (Å²) in [6.45, 7) is 0.550. The average molecular weight is 274 g/mol. The van der Waals surface area contributed by atoms with E-state index < -0.39 is 4.92 Å². The number of nitrogens with one attached hydrogen (secondary N) is 1. The number of nitro groups is 1. The maximum Gasteiger partial charge on any atom is 0.287 e. The number of hydrogen-bond acceptors (Lipinski definition) is 3. The molecule has 7 heteroatoms. The van der Waals surface area contributed by atoms with Gasteiger partial charge in [-0.05, 0) is 12.8 Å². The van der Waals surface area contributed by atoms with Gasteiger partial charge in [0.05, 0.1) is 11.1 Å². The Hall–Kier alpha value is -1.56. The molecule has 0 aliphatic carbocycles. The second kappa shape index (κ2) is 7.00. The minimum Gasteiger partial charge on any atom is -0.351 e. The minimum atomic E-state index is -0.517. The quantitative estimate of drug-likeness (QED) is 0.358. The van der Waals surface area contributed by atoms with Gasteiger partial charge in [0, 0.05) is 25.5 Å². The maximum atomic E-state index is 11.8. The van der Waals surface area contributed by atoms with Gasteiger partial charge in [-0.3, -0.25) is 14.9 Å². The van der Waals surface area contributed by atoms with Crippen LogP contribution in [-0.4, -0.2) is 27.8 Å². The number of rotatable bonds is 7. The molecule has 100 valence electrons. The first-order valence-electron chi connectivity index (χ1n) is 5.71. The van der Waals surface area contributed by atoms with Gasteiger partial charge in [0.1, 0.15) is 5.69 Å². The molecule has 0 unspecified atom stereocenters. The van der Waals surface area contributed by atoms with Gasteiger partial charge in [-0.25, -0.2) is 0 Å². The molecule has 0 aliphatic heterocycles. The first-order chi connectivity index (χ1) is 8.56. The Balaban J connectivity index is 2.48. The smallest absolute Gasteiger partial charge is 0.287 e. The van der Waals surface area contributed by atoms with Crippen LogP contribution < -0.4 is 5.32 Å². The van der Waals surface area contributed by atoms with Gasteiger partial charge < -0.3 is 9.88 Å². The van der Waals surface area contributed by atoms with Crippen LogP contribution >= 0.6 is 11.6 Å². The van der Waals surface area contributed by atoms with Crippen LogP contribution in [0.25, 0.3) is 0 Å². The predicted octanol–water partition coefficient (Wildman–Crippen LogP) is 2.07. The number of hydrogen-bond donors (Lipinski definition) is 1. The molecule has 0 saturated carbocycles. The summed E-state index contributed by atoms with van der Waals surface area (Å²) in [6, 6.07) is 1.27. The lowest BCUT2D eigenvalue weighted by Crippen LogP contribution is -2.26. The van der Waals surface area contributed by atoms with Gasteiger partial charge in [0.15, 0.2) is 0 Å². The molecular formula is C11H16ClN3O3. The van der Waals surface area contributed by atoms with Crippen molar-refractivity contribution in [2.24, 2.45) is 7.05 Å². The molecule has 1 rings (SSSR count). The van der Waals surface area contributed by atoms with Gasteiger partial charge in [0.2, 0.25) is 0 Å². The standard InChI is InChI=1S/C11H16ClN3O3/c1-14-8-9(15(17)18)7-10(14)11(16)13-6-4-2-3-5-12/h7-8H,2-6H2,1H3,(H,13,16). The van der Waals surface area contributed by atoms with Crippen molar-refractivity contribution in [2.75, 3.05) is 12.4 Å². The third kappa shape index (κ3) is 4.03. The number of halogens is 1. The largest absolute Gasteiger partial charge is 0.351 e. The van der Waals surface area contributed by atoms with E-state index in [1.54, 1.807) is 7.05 Å². The number of alkyl halides is 1. The van der Waals surface area contributed by atoms with E-state index in [1.165, 1.54) is 16.8 Å². The van der Waals surface area contributed by atoms with E-state index in [0.29, 0.717) is 18.1 Å². The van der Waals surface area contributed by atoms with Gasteiger partial charge in [0.25, 0.3) is 11.6 Å². The monoisotopic (exact) mass is 273 g/mol. The third-order valence-corrected chi connectivity index (χ3v) is 2.80. The summed E-state index contributed by atoms with van der Waals surface area (Å²) in [4.78, 5) is 21.8. The van der Waals surface area contributed by atoms with Crippen LogP contribution in [0.4, 0.5) is 5.69 Å². The first kappa shape index (κ1) is 14.5. The zero-order valence-electron chi connectivity index (χ0n) is 10.2. The lowest BCUT2D eigenvalue weighted by Gasteiger charge is -2.04. The number of unbranched alkanes of at least 4 members (excludes halogenated alkanes) is 2. The van der Waals surface area contributed by atoms with Crippen LogP contribution in [-0.2, 0) is 7.05 Å². The molecule has 1 N–H and O–H groups in total. The minimum absolute atomic E-state index is 0.0789. The highest BCUT2D eigenvalue weighted by atomic mass is 35.5. The van der Waals surface area contributed by atoms with Gasteiger partial charge in [-0.2, -0.15) is 0 Å². The molecule has 0 radical (unpaired) electrons. The van der Waals surface area contributed by atoms with E-state index in [4.69, 9.17) is 11.6 Å². The Labute approximate surface area is 110 Å². The number of nitrogens with zero attached hydrogens (tertiary/aromatic N) is 2. The van der Waals surface area contributed by atoms with Crippen LogP contribution in [0, 0.1) is 10.1 Å². The van der Waals surface area contributed by atoms with E-state index in [0.717, 1.165) is 19.3 Å². The first-order valence-corrected chi connectivity index (χ1v) is 6.24. The molecule has 1 amide bonds. The van der Waals surface area contributed by atoms with Gasteiger partial charge >= 0.3 is 0 Å². The highest BCUT2D eigenvalue weighted by Gasteiger charge is 2.16. The van der Waals surface area contributed by atoms with E-state index >= 15 is 0 Å². The summed E-state index contributed by atoms with van der Waals surface area (Å²) in [5.41, 5.74) is 0.212. The fraction of sp³-hybridized carbons (Fsp3) is 0.545. The van der Waals surface area contributed by atoms with Crippen molar-refractivity contribution in [3.8, 4) is 0 Å². The Kier molecular flexibility index (Phi) is 5.64. The molecule has 1 aromatic heterocycles. The van der Waals surface area contributed by atoms with Crippen molar-refractivity contribution in [1.82, 2.24) is 9.88 Å². The lowest BCUT2D eigenvalue weighted by atomic mass is 10.2. The molecule has 0 spiro atoms. The van der Waals surface area contributed by atoms with E-state index in [9.17, 15) is 14.9 Å². The van der Waals surface area contributed by atoms with Crippen LogP contribution in [0.15, 0.2) is 12.3 Å². The number of carbonyl (C=O) groups is 1. The molecule has 6 nitrogen and oxygen atoms in total.